The van der Waals surface area contributed by atoms with Crippen LogP contribution in [0.2, 0.25) is 0 Å². The van der Waals surface area contributed by atoms with Gasteiger partial charge in [0, 0.05) is 29.9 Å². The molecule has 0 bridgehead atoms. The number of fused-ring (bicyclic) bond motifs is 1. The van der Waals surface area contributed by atoms with E-state index in [2.05, 4.69) is 15.6 Å². The molecule has 3 atom stereocenters. The van der Waals surface area contributed by atoms with E-state index in [0.717, 1.165) is 23.7 Å². The van der Waals surface area contributed by atoms with Gasteiger partial charge in [-0.05, 0) is 49.7 Å². The van der Waals surface area contributed by atoms with Crippen molar-refractivity contribution in [1.82, 2.24) is 20.5 Å². The molecule has 0 radical (unpaired) electrons. The summed E-state index contributed by atoms with van der Waals surface area (Å²) < 4.78 is 0. The molecule has 2 aromatic rings. The van der Waals surface area contributed by atoms with Crippen LogP contribution >= 0.6 is 0 Å². The zero-order valence-corrected chi connectivity index (χ0v) is 17.2. The average molecular weight is 422 g/mol. The van der Waals surface area contributed by atoms with Gasteiger partial charge in [0.1, 0.15) is 18.0 Å². The van der Waals surface area contributed by atoms with Gasteiger partial charge in [0.05, 0.1) is 6.04 Å². The Hall–Kier alpha value is -3.16. The normalized spacial score (nSPS) is 24.9. The number of H-pyrrole nitrogens is 1. The Labute approximate surface area is 179 Å². The van der Waals surface area contributed by atoms with Gasteiger partial charge in [0.15, 0.2) is 0 Å². The topological polar surface area (TPSA) is 111 Å². The first-order valence-electron chi connectivity index (χ1n) is 10.9. The van der Waals surface area contributed by atoms with E-state index in [9.17, 15) is 19.2 Å². The second-order valence-corrected chi connectivity index (χ2v) is 9.19. The number of aromatic nitrogens is 1. The van der Waals surface area contributed by atoms with E-state index in [4.69, 9.17) is 0 Å². The minimum Gasteiger partial charge on any atom is -0.356 e. The number of rotatable bonds is 6. The van der Waals surface area contributed by atoms with Gasteiger partial charge in [-0.15, -0.1) is 0 Å². The standard InChI is InChI=1S/C23H26N4O4/c28-12-16(9-15-5-8-24-20(15)29)25-21(30)19-11-23(6-7-23)13-27(19)22(31)18-10-14-3-1-2-4-17(14)26-18/h1-4,10,12,15-16,19,26H,5-9,11,13H2,(H,24,29)(H,25,30)/t15-,16-,19-/m0/s1. The summed E-state index contributed by atoms with van der Waals surface area (Å²) in [5, 5.41) is 6.49. The first kappa shape index (κ1) is 19.8. The van der Waals surface area contributed by atoms with Gasteiger partial charge in [-0.25, -0.2) is 0 Å². The number of hydrogen-bond donors (Lipinski definition) is 3. The molecule has 3 fully saturated rings. The van der Waals surface area contributed by atoms with Crippen LogP contribution in [0, 0.1) is 11.3 Å². The van der Waals surface area contributed by atoms with Crippen LogP contribution in [-0.4, -0.2) is 59.1 Å². The van der Waals surface area contributed by atoms with Crippen molar-refractivity contribution in [2.24, 2.45) is 11.3 Å². The fourth-order valence-corrected chi connectivity index (χ4v) is 4.99. The maximum Gasteiger partial charge on any atom is 0.271 e. The molecule has 31 heavy (non-hydrogen) atoms. The molecule has 8 nitrogen and oxygen atoms in total. The maximum absolute atomic E-state index is 13.3. The Bertz CT molecular complexity index is 1020. The Morgan fingerprint density at radius 2 is 2.10 bits per heavy atom. The molecule has 3 heterocycles. The zero-order chi connectivity index (χ0) is 21.6. The van der Waals surface area contributed by atoms with Crippen molar-refractivity contribution in [2.45, 2.75) is 44.2 Å². The summed E-state index contributed by atoms with van der Waals surface area (Å²) in [6, 6.07) is 8.15. The summed E-state index contributed by atoms with van der Waals surface area (Å²) in [6.45, 7) is 1.15. The highest BCUT2D eigenvalue weighted by Gasteiger charge is 2.55. The van der Waals surface area contributed by atoms with E-state index in [1.807, 2.05) is 30.3 Å². The van der Waals surface area contributed by atoms with E-state index in [0.29, 0.717) is 37.9 Å². The summed E-state index contributed by atoms with van der Waals surface area (Å²) >= 11 is 0. The van der Waals surface area contributed by atoms with Crippen LogP contribution in [0.15, 0.2) is 30.3 Å². The number of aldehydes is 1. The van der Waals surface area contributed by atoms with Crippen molar-refractivity contribution in [3.8, 4) is 0 Å². The lowest BCUT2D eigenvalue weighted by Crippen LogP contribution is -2.49. The summed E-state index contributed by atoms with van der Waals surface area (Å²) in [4.78, 5) is 54.7. The van der Waals surface area contributed by atoms with Gasteiger partial charge < -0.3 is 25.3 Å². The Kier molecular flexibility index (Phi) is 4.79. The number of nitrogens with zero attached hydrogens (tertiary/aromatic N) is 1. The molecule has 162 valence electrons. The van der Waals surface area contributed by atoms with Gasteiger partial charge in [-0.1, -0.05) is 18.2 Å². The lowest BCUT2D eigenvalue weighted by Gasteiger charge is -2.25. The summed E-state index contributed by atoms with van der Waals surface area (Å²) in [5.41, 5.74) is 1.36. The van der Waals surface area contributed by atoms with Gasteiger partial charge in [-0.2, -0.15) is 0 Å². The molecule has 8 heteroatoms. The van der Waals surface area contributed by atoms with E-state index in [-0.39, 0.29) is 35.5 Å². The van der Waals surface area contributed by atoms with Gasteiger partial charge in [0.2, 0.25) is 11.8 Å². The fraction of sp³-hybridized carbons (Fsp3) is 0.478. The fourth-order valence-electron chi connectivity index (χ4n) is 4.99. The largest absolute Gasteiger partial charge is 0.356 e. The van der Waals surface area contributed by atoms with Gasteiger partial charge >= 0.3 is 0 Å². The summed E-state index contributed by atoms with van der Waals surface area (Å²) in [7, 11) is 0. The van der Waals surface area contributed by atoms with Crippen LogP contribution in [0.1, 0.15) is 42.6 Å². The van der Waals surface area contributed by atoms with Gasteiger partial charge in [0.25, 0.3) is 5.91 Å². The highest BCUT2D eigenvalue weighted by molar-refractivity contribution is 6.01. The third-order valence-electron chi connectivity index (χ3n) is 6.98. The molecule has 5 rings (SSSR count). The lowest BCUT2D eigenvalue weighted by molar-refractivity contribution is -0.128. The van der Waals surface area contributed by atoms with Crippen LogP contribution in [-0.2, 0) is 14.4 Å². The molecular formula is C23H26N4O4. The third-order valence-corrected chi connectivity index (χ3v) is 6.98. The molecule has 3 aliphatic rings. The van der Waals surface area contributed by atoms with Crippen molar-refractivity contribution in [3.05, 3.63) is 36.0 Å². The molecule has 1 aromatic heterocycles. The zero-order valence-electron chi connectivity index (χ0n) is 17.2. The molecular weight excluding hydrogens is 396 g/mol. The predicted molar refractivity (Wildman–Crippen MR) is 113 cm³/mol. The van der Waals surface area contributed by atoms with Crippen molar-refractivity contribution in [3.63, 3.8) is 0 Å². The van der Waals surface area contributed by atoms with Crippen molar-refractivity contribution in [2.75, 3.05) is 13.1 Å². The number of hydrogen-bond acceptors (Lipinski definition) is 4. The number of nitrogens with one attached hydrogen (secondary N) is 3. The quantitative estimate of drug-likeness (QED) is 0.611. The smallest absolute Gasteiger partial charge is 0.271 e. The van der Waals surface area contributed by atoms with E-state index >= 15 is 0 Å². The highest BCUT2D eigenvalue weighted by atomic mass is 16.2. The molecule has 1 aliphatic carbocycles. The average Bonchev–Trinajstić information content (AvgIpc) is 3.08. The molecule has 3 amide bonds. The predicted octanol–water partition coefficient (Wildman–Crippen LogP) is 1.37. The number of likely N-dealkylation sites (tertiary alicyclic amines) is 1. The summed E-state index contributed by atoms with van der Waals surface area (Å²) in [6.07, 6.45) is 4.26. The monoisotopic (exact) mass is 422 g/mol. The van der Waals surface area contributed by atoms with E-state index < -0.39 is 12.1 Å². The van der Waals surface area contributed by atoms with Crippen molar-refractivity contribution < 1.29 is 19.2 Å². The third kappa shape index (κ3) is 3.71. The first-order chi connectivity index (χ1) is 15.0. The molecule has 1 saturated carbocycles. The molecule has 1 spiro atoms. The first-order valence-corrected chi connectivity index (χ1v) is 10.9. The summed E-state index contributed by atoms with van der Waals surface area (Å²) in [5.74, 6) is -0.853. The molecule has 3 N–H and O–H groups in total. The SMILES string of the molecule is O=C[C@H](C[C@@H]1CCNC1=O)NC(=O)[C@@H]1CC2(CC2)CN1C(=O)c1cc2ccccc2[nH]1. The molecule has 1 aromatic carbocycles. The van der Waals surface area contributed by atoms with Gasteiger partial charge in [-0.3, -0.25) is 14.4 Å². The number of para-hydroxylation sites is 1. The Morgan fingerprint density at radius 3 is 2.77 bits per heavy atom. The van der Waals surface area contributed by atoms with E-state index in [1.54, 1.807) is 4.90 Å². The second kappa shape index (κ2) is 7.51. The van der Waals surface area contributed by atoms with Crippen LogP contribution in [0.5, 0.6) is 0 Å². The van der Waals surface area contributed by atoms with Crippen molar-refractivity contribution in [1.29, 1.82) is 0 Å². The minimum absolute atomic E-state index is 0.0195. The Morgan fingerprint density at radius 1 is 1.29 bits per heavy atom. The van der Waals surface area contributed by atoms with Crippen LogP contribution < -0.4 is 10.6 Å². The van der Waals surface area contributed by atoms with Crippen LogP contribution in [0.25, 0.3) is 10.9 Å². The number of aromatic amines is 1. The second-order valence-electron chi connectivity index (χ2n) is 9.19. The lowest BCUT2D eigenvalue weighted by atomic mass is 9.98. The minimum atomic E-state index is -0.734. The van der Waals surface area contributed by atoms with Crippen LogP contribution in [0.4, 0.5) is 0 Å². The highest BCUT2D eigenvalue weighted by Crippen LogP contribution is 2.55. The molecule has 2 aliphatic heterocycles. The maximum atomic E-state index is 13.3. The Balaban J connectivity index is 1.32. The molecule has 2 saturated heterocycles. The van der Waals surface area contributed by atoms with Crippen molar-refractivity contribution >= 4 is 34.9 Å². The number of carbonyl (C=O) groups excluding carboxylic acids is 4. The number of carbonyl (C=O) groups is 4. The number of benzene rings is 1. The van der Waals surface area contributed by atoms with E-state index in [1.165, 1.54) is 0 Å². The molecule has 0 unspecified atom stereocenters. The van der Waals surface area contributed by atoms with Crippen LogP contribution in [0.3, 0.4) is 0 Å². The number of amides is 3.